The molecule has 3 nitrogen and oxygen atoms in total. The van der Waals surface area contributed by atoms with Gasteiger partial charge in [-0.15, -0.1) is 0 Å². The van der Waals surface area contributed by atoms with Crippen molar-refractivity contribution in [2.75, 3.05) is 11.9 Å². The molecule has 2 aromatic rings. The Morgan fingerprint density at radius 1 is 1.05 bits per heavy atom. The highest BCUT2D eigenvalue weighted by Crippen LogP contribution is 2.21. The molecule has 3 heteroatoms. The number of Topliss-reactive ketones (excluding diaryl/α,β-unsaturated/α-hetero) is 1. The number of nitrogens with zero attached hydrogens (tertiary/aromatic N) is 1. The van der Waals surface area contributed by atoms with Crippen LogP contribution in [0.5, 0.6) is 0 Å². The van der Waals surface area contributed by atoms with Gasteiger partial charge >= 0.3 is 0 Å². The number of carbonyl (C=O) groups excluding carboxylic acids is 1. The van der Waals surface area contributed by atoms with Gasteiger partial charge in [0.15, 0.2) is 5.78 Å². The normalized spacial score (nSPS) is 11.2. The molecule has 0 unspecified atom stereocenters. The lowest BCUT2D eigenvalue weighted by Crippen LogP contribution is -2.19. The van der Waals surface area contributed by atoms with Crippen molar-refractivity contribution in [3.05, 3.63) is 48.2 Å². The number of pyridine rings is 1. The van der Waals surface area contributed by atoms with Crippen LogP contribution in [0.2, 0.25) is 0 Å². The predicted octanol–water partition coefficient (Wildman–Crippen LogP) is 4.41. The quantitative estimate of drug-likeness (QED) is 0.845. The maximum Gasteiger partial charge on any atom is 0.159 e. The average Bonchev–Trinajstić information content (AvgIpc) is 2.45. The van der Waals surface area contributed by atoms with E-state index < -0.39 is 0 Å². The number of anilines is 1. The third-order valence-electron chi connectivity index (χ3n) is 3.19. The van der Waals surface area contributed by atoms with E-state index in [1.54, 1.807) is 6.92 Å². The molecule has 2 rings (SSSR count). The van der Waals surface area contributed by atoms with Crippen molar-refractivity contribution in [1.29, 1.82) is 0 Å². The zero-order valence-corrected chi connectivity index (χ0v) is 13.1. The summed E-state index contributed by atoms with van der Waals surface area (Å²) in [5.41, 5.74) is 3.07. The molecule has 1 N–H and O–H groups in total. The third kappa shape index (κ3) is 4.42. The molecule has 0 radical (unpaired) electrons. The van der Waals surface area contributed by atoms with Gasteiger partial charge in [-0.25, -0.2) is 4.98 Å². The standard InChI is InChI=1S/C18H22N2O/c1-13(21)14-5-7-15(8-6-14)16-9-10-17(19-11-16)20-12-18(2,3)4/h5-11H,12H2,1-4H3,(H,19,20). The average molecular weight is 282 g/mol. The highest BCUT2D eigenvalue weighted by molar-refractivity contribution is 5.94. The van der Waals surface area contributed by atoms with E-state index >= 15 is 0 Å². The van der Waals surface area contributed by atoms with Gasteiger partial charge < -0.3 is 5.32 Å². The van der Waals surface area contributed by atoms with E-state index in [1.807, 2.05) is 42.6 Å². The van der Waals surface area contributed by atoms with Crippen molar-refractivity contribution in [2.45, 2.75) is 27.7 Å². The maximum atomic E-state index is 11.3. The van der Waals surface area contributed by atoms with E-state index in [0.29, 0.717) is 0 Å². The number of ketones is 1. The van der Waals surface area contributed by atoms with Crippen LogP contribution in [0.1, 0.15) is 38.1 Å². The van der Waals surface area contributed by atoms with Crippen molar-refractivity contribution in [3.8, 4) is 11.1 Å². The Hall–Kier alpha value is -2.16. The van der Waals surface area contributed by atoms with Gasteiger partial charge in [-0.1, -0.05) is 45.0 Å². The summed E-state index contributed by atoms with van der Waals surface area (Å²) >= 11 is 0. The van der Waals surface area contributed by atoms with Crippen LogP contribution in [0.3, 0.4) is 0 Å². The fourth-order valence-corrected chi connectivity index (χ4v) is 1.92. The molecule has 0 saturated carbocycles. The highest BCUT2D eigenvalue weighted by atomic mass is 16.1. The van der Waals surface area contributed by atoms with Gasteiger partial charge in [0, 0.05) is 23.9 Å². The first-order valence-electron chi connectivity index (χ1n) is 7.16. The van der Waals surface area contributed by atoms with Gasteiger partial charge in [0.25, 0.3) is 0 Å². The zero-order chi connectivity index (χ0) is 15.5. The van der Waals surface area contributed by atoms with Crippen LogP contribution < -0.4 is 5.32 Å². The Kier molecular flexibility index (Phi) is 4.41. The molecule has 0 amide bonds. The Morgan fingerprint density at radius 2 is 1.67 bits per heavy atom. The highest BCUT2D eigenvalue weighted by Gasteiger charge is 2.09. The predicted molar refractivity (Wildman–Crippen MR) is 87.6 cm³/mol. The molecular formula is C18H22N2O. The number of benzene rings is 1. The number of aromatic nitrogens is 1. The first-order valence-corrected chi connectivity index (χ1v) is 7.16. The Morgan fingerprint density at radius 3 is 2.14 bits per heavy atom. The summed E-state index contributed by atoms with van der Waals surface area (Å²) in [6, 6.07) is 11.6. The van der Waals surface area contributed by atoms with Crippen molar-refractivity contribution < 1.29 is 4.79 Å². The first-order chi connectivity index (χ1) is 9.85. The maximum absolute atomic E-state index is 11.3. The Bertz CT molecular complexity index is 607. The summed E-state index contributed by atoms with van der Waals surface area (Å²) in [4.78, 5) is 15.7. The summed E-state index contributed by atoms with van der Waals surface area (Å²) in [6.45, 7) is 9.01. The Balaban J connectivity index is 2.09. The number of rotatable bonds is 4. The van der Waals surface area contributed by atoms with E-state index in [1.165, 1.54) is 0 Å². The summed E-state index contributed by atoms with van der Waals surface area (Å²) in [5.74, 6) is 0.968. The Labute approximate surface area is 126 Å². The van der Waals surface area contributed by atoms with Crippen LogP contribution >= 0.6 is 0 Å². The molecule has 0 spiro atoms. The summed E-state index contributed by atoms with van der Waals surface area (Å²) < 4.78 is 0. The molecule has 0 fully saturated rings. The molecule has 21 heavy (non-hydrogen) atoms. The van der Waals surface area contributed by atoms with Crippen LogP contribution in [0, 0.1) is 5.41 Å². The van der Waals surface area contributed by atoms with Crippen LogP contribution in [-0.2, 0) is 0 Å². The van der Waals surface area contributed by atoms with Crippen LogP contribution in [0.4, 0.5) is 5.82 Å². The largest absolute Gasteiger partial charge is 0.370 e. The minimum atomic E-state index is 0.0846. The molecule has 1 aromatic carbocycles. The van der Waals surface area contributed by atoms with Gasteiger partial charge in [-0.2, -0.15) is 0 Å². The molecule has 0 atom stereocenters. The summed E-state index contributed by atoms with van der Waals surface area (Å²) in [6.07, 6.45) is 1.85. The molecule has 1 aromatic heterocycles. The number of carbonyl (C=O) groups is 1. The van der Waals surface area contributed by atoms with E-state index in [9.17, 15) is 4.79 Å². The second-order valence-corrected chi connectivity index (χ2v) is 6.48. The van der Waals surface area contributed by atoms with E-state index in [0.717, 1.165) is 29.1 Å². The van der Waals surface area contributed by atoms with Gasteiger partial charge in [-0.05, 0) is 30.0 Å². The number of nitrogens with one attached hydrogen (secondary N) is 1. The smallest absolute Gasteiger partial charge is 0.159 e. The van der Waals surface area contributed by atoms with Crippen molar-refractivity contribution in [2.24, 2.45) is 5.41 Å². The van der Waals surface area contributed by atoms with E-state index in [2.05, 4.69) is 31.1 Å². The topological polar surface area (TPSA) is 42.0 Å². The SMILES string of the molecule is CC(=O)c1ccc(-c2ccc(NCC(C)(C)C)nc2)cc1. The molecule has 0 bridgehead atoms. The summed E-state index contributed by atoms with van der Waals surface area (Å²) in [5, 5.41) is 3.33. The third-order valence-corrected chi connectivity index (χ3v) is 3.19. The minimum Gasteiger partial charge on any atom is -0.370 e. The van der Waals surface area contributed by atoms with Gasteiger partial charge in [0.1, 0.15) is 5.82 Å². The lowest BCUT2D eigenvalue weighted by molar-refractivity contribution is 0.101. The van der Waals surface area contributed by atoms with Gasteiger partial charge in [0.05, 0.1) is 0 Å². The van der Waals surface area contributed by atoms with Gasteiger partial charge in [0.2, 0.25) is 0 Å². The molecule has 0 aliphatic heterocycles. The lowest BCUT2D eigenvalue weighted by atomic mass is 9.97. The number of hydrogen-bond donors (Lipinski definition) is 1. The zero-order valence-electron chi connectivity index (χ0n) is 13.1. The molecular weight excluding hydrogens is 260 g/mol. The first kappa shape index (κ1) is 15.2. The fraction of sp³-hybridized carbons (Fsp3) is 0.333. The van der Waals surface area contributed by atoms with Crippen molar-refractivity contribution in [1.82, 2.24) is 4.98 Å². The van der Waals surface area contributed by atoms with Crippen LogP contribution in [0.15, 0.2) is 42.6 Å². The van der Waals surface area contributed by atoms with Crippen molar-refractivity contribution >= 4 is 11.6 Å². The monoisotopic (exact) mass is 282 g/mol. The molecule has 0 aliphatic rings. The van der Waals surface area contributed by atoms with Crippen LogP contribution in [0.25, 0.3) is 11.1 Å². The fourth-order valence-electron chi connectivity index (χ4n) is 1.92. The van der Waals surface area contributed by atoms with Crippen molar-refractivity contribution in [3.63, 3.8) is 0 Å². The number of hydrogen-bond acceptors (Lipinski definition) is 3. The van der Waals surface area contributed by atoms with Gasteiger partial charge in [-0.3, -0.25) is 4.79 Å². The molecule has 110 valence electrons. The lowest BCUT2D eigenvalue weighted by Gasteiger charge is -2.19. The molecule has 1 heterocycles. The van der Waals surface area contributed by atoms with E-state index in [-0.39, 0.29) is 11.2 Å². The molecule has 0 saturated heterocycles. The summed E-state index contributed by atoms with van der Waals surface area (Å²) in [7, 11) is 0. The second-order valence-electron chi connectivity index (χ2n) is 6.48. The van der Waals surface area contributed by atoms with Crippen LogP contribution in [-0.4, -0.2) is 17.3 Å². The minimum absolute atomic E-state index is 0.0846. The second kappa shape index (κ2) is 6.08. The van der Waals surface area contributed by atoms with E-state index in [4.69, 9.17) is 0 Å². The molecule has 0 aliphatic carbocycles.